The first-order chi connectivity index (χ1) is 14.3. The number of benzene rings is 1. The molecule has 1 fully saturated rings. The van der Waals surface area contributed by atoms with Crippen molar-refractivity contribution < 1.29 is 39.5 Å². The molecule has 4 rings (SSSR count). The molecule has 5 N–H and O–H groups in total. The van der Waals surface area contributed by atoms with Gasteiger partial charge in [0.05, 0.1) is 12.1 Å². The lowest BCUT2D eigenvalue weighted by Gasteiger charge is -2.39. The predicted octanol–water partition coefficient (Wildman–Crippen LogP) is -0.125. The summed E-state index contributed by atoms with van der Waals surface area (Å²) >= 11 is 0. The van der Waals surface area contributed by atoms with Crippen molar-refractivity contribution in [1.82, 2.24) is 9.97 Å². The number of rotatable bonds is 4. The Morgan fingerprint density at radius 1 is 1.13 bits per heavy atom. The minimum Gasteiger partial charge on any atom is -0.428 e. The Bertz CT molecular complexity index is 1120. The fourth-order valence-corrected chi connectivity index (χ4v) is 3.54. The van der Waals surface area contributed by atoms with Crippen LogP contribution in [0.3, 0.4) is 0 Å². The van der Waals surface area contributed by atoms with Crippen LogP contribution in [0.5, 0.6) is 0 Å². The molecule has 0 bridgehead atoms. The maximum Gasteiger partial charge on any atom is 0.359 e. The van der Waals surface area contributed by atoms with Gasteiger partial charge in [-0.25, -0.2) is 9.78 Å². The number of Topliss-reactive ketones (excluding diaryl/α,β-unsaturated/α-hetero) is 1. The summed E-state index contributed by atoms with van der Waals surface area (Å²) < 4.78 is 10.3. The van der Waals surface area contributed by atoms with Crippen LogP contribution in [0.15, 0.2) is 30.3 Å². The highest BCUT2D eigenvalue weighted by atomic mass is 16.7. The summed E-state index contributed by atoms with van der Waals surface area (Å²) in [7, 11) is 0. The molecule has 10 heteroatoms. The van der Waals surface area contributed by atoms with E-state index in [1.165, 1.54) is 13.0 Å². The zero-order valence-electron chi connectivity index (χ0n) is 15.8. The lowest BCUT2D eigenvalue weighted by Crippen LogP contribution is -2.59. The van der Waals surface area contributed by atoms with Crippen molar-refractivity contribution in [3.63, 3.8) is 0 Å². The smallest absolute Gasteiger partial charge is 0.359 e. The summed E-state index contributed by atoms with van der Waals surface area (Å²) in [5, 5.41) is 40.4. The molecule has 1 aliphatic heterocycles. The van der Waals surface area contributed by atoms with Crippen LogP contribution in [0.1, 0.15) is 27.9 Å². The van der Waals surface area contributed by atoms with Gasteiger partial charge in [-0.15, -0.1) is 0 Å². The maximum absolute atomic E-state index is 12.7. The number of aromatic nitrogens is 2. The van der Waals surface area contributed by atoms with Crippen LogP contribution < -0.4 is 0 Å². The zero-order chi connectivity index (χ0) is 21.6. The molecule has 10 nitrogen and oxygen atoms in total. The van der Waals surface area contributed by atoms with Crippen molar-refractivity contribution >= 4 is 33.6 Å². The van der Waals surface area contributed by atoms with Crippen LogP contribution in [0.4, 0.5) is 0 Å². The van der Waals surface area contributed by atoms with Gasteiger partial charge in [-0.2, -0.15) is 0 Å². The van der Waals surface area contributed by atoms with Gasteiger partial charge in [-0.1, -0.05) is 18.2 Å². The molecule has 5 atom stereocenters. The summed E-state index contributed by atoms with van der Waals surface area (Å²) in [6.45, 7) is 0.660. The molecular weight excluding hydrogens is 396 g/mol. The van der Waals surface area contributed by atoms with Gasteiger partial charge in [0, 0.05) is 23.2 Å². The number of fused-ring (bicyclic) bond motifs is 3. The quantitative estimate of drug-likeness (QED) is 0.288. The molecule has 0 radical (unpaired) electrons. The van der Waals surface area contributed by atoms with Gasteiger partial charge >= 0.3 is 5.97 Å². The summed E-state index contributed by atoms with van der Waals surface area (Å²) in [5.41, 5.74) is 1.09. The monoisotopic (exact) mass is 416 g/mol. The number of ether oxygens (including phenoxy) is 2. The molecule has 1 saturated heterocycles. The minimum atomic E-state index is -1.74. The molecule has 0 unspecified atom stereocenters. The van der Waals surface area contributed by atoms with Crippen LogP contribution in [-0.4, -0.2) is 79.5 Å². The van der Waals surface area contributed by atoms with Crippen LogP contribution in [0, 0.1) is 0 Å². The van der Waals surface area contributed by atoms with E-state index in [1.807, 2.05) is 24.3 Å². The van der Waals surface area contributed by atoms with Crippen LogP contribution in [0.25, 0.3) is 21.8 Å². The number of nitrogens with zero attached hydrogens (tertiary/aromatic N) is 1. The number of nitrogens with one attached hydrogen (secondary N) is 1. The number of hydrogen-bond acceptors (Lipinski definition) is 9. The topological polar surface area (TPSA) is 162 Å². The molecular formula is C20H20N2O8. The van der Waals surface area contributed by atoms with Crippen molar-refractivity contribution in [2.75, 3.05) is 6.61 Å². The predicted molar refractivity (Wildman–Crippen MR) is 103 cm³/mol. The Hall–Kier alpha value is -2.89. The Morgan fingerprint density at radius 2 is 1.87 bits per heavy atom. The van der Waals surface area contributed by atoms with Gasteiger partial charge in [0.2, 0.25) is 6.29 Å². The minimum absolute atomic E-state index is 0.0458. The number of esters is 1. The first kappa shape index (κ1) is 20.4. The van der Waals surface area contributed by atoms with E-state index in [0.717, 1.165) is 10.9 Å². The van der Waals surface area contributed by atoms with Crippen LogP contribution >= 0.6 is 0 Å². The number of aliphatic hydroxyl groups is 4. The second-order valence-corrected chi connectivity index (χ2v) is 7.11. The van der Waals surface area contributed by atoms with E-state index in [4.69, 9.17) is 9.47 Å². The van der Waals surface area contributed by atoms with Crippen molar-refractivity contribution in [3.8, 4) is 0 Å². The summed E-state index contributed by atoms with van der Waals surface area (Å²) in [6.07, 6.45) is -7.88. The van der Waals surface area contributed by atoms with Crippen LogP contribution in [0.2, 0.25) is 0 Å². The van der Waals surface area contributed by atoms with Crippen molar-refractivity contribution in [2.24, 2.45) is 0 Å². The number of H-pyrrole nitrogens is 1. The number of aromatic amines is 1. The number of carbonyl (C=O) groups excluding carboxylic acids is 2. The van der Waals surface area contributed by atoms with Crippen molar-refractivity contribution in [1.29, 1.82) is 0 Å². The fraction of sp³-hybridized carbons (Fsp3) is 0.350. The molecule has 3 heterocycles. The lowest BCUT2D eigenvalue weighted by atomic mass is 9.99. The number of ketones is 1. The van der Waals surface area contributed by atoms with E-state index < -0.39 is 43.3 Å². The van der Waals surface area contributed by atoms with Gasteiger partial charge < -0.3 is 34.9 Å². The number of para-hydroxylation sites is 1. The molecule has 0 amide bonds. The second kappa shape index (κ2) is 7.74. The van der Waals surface area contributed by atoms with E-state index in [9.17, 15) is 30.0 Å². The lowest BCUT2D eigenvalue weighted by molar-refractivity contribution is -0.285. The normalized spacial score (nSPS) is 26.8. The Balaban J connectivity index is 1.71. The molecule has 2 aromatic heterocycles. The Morgan fingerprint density at radius 3 is 2.57 bits per heavy atom. The molecule has 0 saturated carbocycles. The molecule has 1 aliphatic rings. The van der Waals surface area contributed by atoms with E-state index in [1.54, 1.807) is 0 Å². The average Bonchev–Trinajstić information content (AvgIpc) is 3.11. The van der Waals surface area contributed by atoms with E-state index in [0.29, 0.717) is 10.9 Å². The van der Waals surface area contributed by atoms with Gasteiger partial charge in [0.1, 0.15) is 35.8 Å². The zero-order valence-corrected chi connectivity index (χ0v) is 15.8. The molecule has 30 heavy (non-hydrogen) atoms. The van der Waals surface area contributed by atoms with Gasteiger partial charge in [0.15, 0.2) is 5.78 Å². The SMILES string of the molecule is CC(=O)c1nc(C(=O)O[C@@H]2O[C@H](CO)[C@@H](O)[C@H](O)[C@H]2O)cc2c1[nH]c1ccccc12. The molecule has 0 aliphatic carbocycles. The number of pyridine rings is 1. The third-order valence-corrected chi connectivity index (χ3v) is 5.11. The van der Waals surface area contributed by atoms with Gasteiger partial charge in [-0.3, -0.25) is 4.79 Å². The summed E-state index contributed by atoms with van der Waals surface area (Å²) in [4.78, 5) is 32.1. The summed E-state index contributed by atoms with van der Waals surface area (Å²) in [5.74, 6) is -1.37. The number of carbonyl (C=O) groups is 2. The summed E-state index contributed by atoms with van der Waals surface area (Å²) in [6, 6.07) is 8.74. The van der Waals surface area contributed by atoms with Crippen molar-refractivity contribution in [2.45, 2.75) is 37.6 Å². The first-order valence-corrected chi connectivity index (χ1v) is 9.25. The molecule has 1 aromatic carbocycles. The average molecular weight is 416 g/mol. The molecule has 158 valence electrons. The molecule has 3 aromatic rings. The third kappa shape index (κ3) is 3.34. The number of aliphatic hydroxyl groups excluding tert-OH is 4. The second-order valence-electron chi connectivity index (χ2n) is 7.11. The van der Waals surface area contributed by atoms with Crippen LogP contribution in [-0.2, 0) is 9.47 Å². The van der Waals surface area contributed by atoms with E-state index in [-0.39, 0.29) is 17.2 Å². The van der Waals surface area contributed by atoms with Gasteiger partial charge in [0.25, 0.3) is 0 Å². The fourth-order valence-electron chi connectivity index (χ4n) is 3.54. The number of hydrogen-bond donors (Lipinski definition) is 5. The largest absolute Gasteiger partial charge is 0.428 e. The Labute approximate surface area is 169 Å². The van der Waals surface area contributed by atoms with Crippen molar-refractivity contribution in [3.05, 3.63) is 41.7 Å². The standard InChI is InChI=1S/C20H20N2O8/c1-8(24)14-15-10(9-4-2-3-5-11(9)21-15)6-12(22-14)19(28)30-20-18(27)17(26)16(25)13(7-23)29-20/h2-6,13,16-18,20-21,23,25-27H,7H2,1H3/t13-,16-,17+,18-,20+/m1/s1. The highest BCUT2D eigenvalue weighted by molar-refractivity contribution is 6.15. The first-order valence-electron chi connectivity index (χ1n) is 9.25. The highest BCUT2D eigenvalue weighted by Gasteiger charge is 2.45. The van der Waals surface area contributed by atoms with E-state index >= 15 is 0 Å². The maximum atomic E-state index is 12.7. The van der Waals surface area contributed by atoms with E-state index in [2.05, 4.69) is 9.97 Å². The highest BCUT2D eigenvalue weighted by Crippen LogP contribution is 2.29. The third-order valence-electron chi connectivity index (χ3n) is 5.11. The van der Waals surface area contributed by atoms with Gasteiger partial charge in [-0.05, 0) is 12.1 Å². The Kier molecular flexibility index (Phi) is 5.26. The molecule has 0 spiro atoms.